The summed E-state index contributed by atoms with van der Waals surface area (Å²) in [5.41, 5.74) is 0. The van der Waals surface area contributed by atoms with E-state index in [4.69, 9.17) is 4.74 Å². The summed E-state index contributed by atoms with van der Waals surface area (Å²) >= 11 is 0. The van der Waals surface area contributed by atoms with Gasteiger partial charge in [0.05, 0.1) is 7.11 Å². The third-order valence-corrected chi connectivity index (χ3v) is 2.61. The first kappa shape index (κ1) is 14.9. The number of nitrogens with zero attached hydrogens (tertiary/aromatic N) is 6. The average molecular weight is 292 g/mol. The van der Waals surface area contributed by atoms with Crippen LogP contribution in [0.2, 0.25) is 0 Å². The SMILES string of the molecule is CCCNc1nc(NCCc2ncn(C)n2)nc(OC)n1. The second-order valence-corrected chi connectivity index (χ2v) is 4.41. The van der Waals surface area contributed by atoms with Crippen LogP contribution >= 0.6 is 0 Å². The van der Waals surface area contributed by atoms with Crippen LogP contribution in [0.1, 0.15) is 19.2 Å². The number of hydrogen-bond donors (Lipinski definition) is 2. The van der Waals surface area contributed by atoms with E-state index in [-0.39, 0.29) is 6.01 Å². The average Bonchev–Trinajstić information content (AvgIpc) is 2.90. The summed E-state index contributed by atoms with van der Waals surface area (Å²) in [7, 11) is 3.37. The fourth-order valence-corrected chi connectivity index (χ4v) is 1.63. The van der Waals surface area contributed by atoms with Crippen molar-refractivity contribution >= 4 is 11.9 Å². The maximum Gasteiger partial charge on any atom is 0.322 e. The molecule has 0 saturated carbocycles. The predicted octanol–water partition coefficient (Wildman–Crippen LogP) is 0.485. The standard InChI is InChI=1S/C12H20N8O/c1-4-6-13-10-16-11(18-12(17-10)21-3)14-7-5-9-15-8-20(2)19-9/h8H,4-7H2,1-3H3,(H2,13,14,16,17,18). The normalized spacial score (nSPS) is 10.4. The second kappa shape index (κ2) is 7.36. The number of aromatic nitrogens is 6. The topological polar surface area (TPSA) is 103 Å². The molecule has 2 aromatic rings. The molecule has 9 heteroatoms. The Morgan fingerprint density at radius 1 is 1.14 bits per heavy atom. The maximum absolute atomic E-state index is 5.07. The van der Waals surface area contributed by atoms with Gasteiger partial charge in [0.25, 0.3) is 0 Å². The lowest BCUT2D eigenvalue weighted by atomic mass is 10.4. The van der Waals surface area contributed by atoms with Crippen LogP contribution < -0.4 is 15.4 Å². The second-order valence-electron chi connectivity index (χ2n) is 4.41. The first-order valence-electron chi connectivity index (χ1n) is 6.83. The zero-order chi connectivity index (χ0) is 15.1. The van der Waals surface area contributed by atoms with Crippen LogP contribution in [0, 0.1) is 0 Å². The molecule has 0 radical (unpaired) electrons. The van der Waals surface area contributed by atoms with E-state index in [1.807, 2.05) is 7.05 Å². The highest BCUT2D eigenvalue weighted by molar-refractivity contribution is 5.35. The van der Waals surface area contributed by atoms with Gasteiger partial charge in [0, 0.05) is 26.6 Å². The highest BCUT2D eigenvalue weighted by Gasteiger charge is 2.06. The molecule has 2 heterocycles. The van der Waals surface area contributed by atoms with Gasteiger partial charge in [0.15, 0.2) is 5.82 Å². The van der Waals surface area contributed by atoms with Gasteiger partial charge in [-0.1, -0.05) is 6.92 Å². The maximum atomic E-state index is 5.07. The van der Waals surface area contributed by atoms with E-state index in [1.165, 1.54) is 7.11 Å². The fraction of sp³-hybridized carbons (Fsp3) is 0.583. The number of nitrogens with one attached hydrogen (secondary N) is 2. The molecule has 114 valence electrons. The summed E-state index contributed by atoms with van der Waals surface area (Å²) in [5, 5.41) is 10.4. The lowest BCUT2D eigenvalue weighted by Crippen LogP contribution is -2.13. The van der Waals surface area contributed by atoms with Crippen LogP contribution in [0.15, 0.2) is 6.33 Å². The molecule has 0 unspecified atom stereocenters. The third-order valence-electron chi connectivity index (χ3n) is 2.61. The van der Waals surface area contributed by atoms with Crippen LogP contribution in [0.4, 0.5) is 11.9 Å². The minimum atomic E-state index is 0.280. The molecule has 0 aliphatic carbocycles. The van der Waals surface area contributed by atoms with Crippen molar-refractivity contribution in [2.24, 2.45) is 7.05 Å². The Labute approximate surface area is 123 Å². The molecule has 0 aliphatic rings. The van der Waals surface area contributed by atoms with Crippen molar-refractivity contribution in [1.82, 2.24) is 29.7 Å². The first-order valence-corrected chi connectivity index (χ1v) is 6.83. The minimum Gasteiger partial charge on any atom is -0.467 e. The molecule has 2 N–H and O–H groups in total. The van der Waals surface area contributed by atoms with Crippen LogP contribution in [0.25, 0.3) is 0 Å². The molecule has 21 heavy (non-hydrogen) atoms. The van der Waals surface area contributed by atoms with Crippen molar-refractivity contribution in [2.75, 3.05) is 30.8 Å². The molecule has 0 aromatic carbocycles. The number of hydrogen-bond acceptors (Lipinski definition) is 8. The predicted molar refractivity (Wildman–Crippen MR) is 78.4 cm³/mol. The van der Waals surface area contributed by atoms with Crippen LogP contribution in [-0.2, 0) is 13.5 Å². The highest BCUT2D eigenvalue weighted by atomic mass is 16.5. The zero-order valence-corrected chi connectivity index (χ0v) is 12.5. The Kier molecular flexibility index (Phi) is 5.24. The summed E-state index contributed by atoms with van der Waals surface area (Å²) in [5.74, 6) is 1.74. The molecule has 0 fully saturated rings. The lowest BCUT2D eigenvalue weighted by Gasteiger charge is -2.08. The molecule has 2 aromatic heterocycles. The monoisotopic (exact) mass is 292 g/mol. The largest absolute Gasteiger partial charge is 0.467 e. The smallest absolute Gasteiger partial charge is 0.322 e. The molecule has 2 rings (SSSR count). The molecule has 0 atom stereocenters. The van der Waals surface area contributed by atoms with Gasteiger partial charge in [-0.15, -0.1) is 0 Å². The Balaban J connectivity index is 1.94. The molecular formula is C12H20N8O. The van der Waals surface area contributed by atoms with Crippen molar-refractivity contribution in [3.05, 3.63) is 12.2 Å². The third kappa shape index (κ3) is 4.55. The van der Waals surface area contributed by atoms with Crippen LogP contribution in [-0.4, -0.2) is 49.9 Å². The highest BCUT2D eigenvalue weighted by Crippen LogP contribution is 2.10. The Morgan fingerprint density at radius 3 is 2.43 bits per heavy atom. The van der Waals surface area contributed by atoms with Gasteiger partial charge in [-0.2, -0.15) is 20.1 Å². The van der Waals surface area contributed by atoms with Gasteiger partial charge in [-0.25, -0.2) is 4.98 Å². The Morgan fingerprint density at radius 2 is 1.86 bits per heavy atom. The van der Waals surface area contributed by atoms with E-state index in [1.54, 1.807) is 11.0 Å². The minimum absolute atomic E-state index is 0.280. The summed E-state index contributed by atoms with van der Waals surface area (Å²) in [6.07, 6.45) is 3.35. The molecule has 0 bridgehead atoms. The molecule has 0 aliphatic heterocycles. The van der Waals surface area contributed by atoms with E-state index >= 15 is 0 Å². The number of aryl methyl sites for hydroxylation is 1. The van der Waals surface area contributed by atoms with Gasteiger partial charge in [0.2, 0.25) is 11.9 Å². The van der Waals surface area contributed by atoms with Crippen molar-refractivity contribution in [1.29, 1.82) is 0 Å². The lowest BCUT2D eigenvalue weighted by molar-refractivity contribution is 0.379. The summed E-state index contributed by atoms with van der Waals surface area (Å²) in [6, 6.07) is 0.280. The van der Waals surface area contributed by atoms with E-state index < -0.39 is 0 Å². The first-order chi connectivity index (χ1) is 10.2. The molecule has 9 nitrogen and oxygen atoms in total. The molecule has 0 spiro atoms. The van der Waals surface area contributed by atoms with E-state index in [0.29, 0.717) is 24.9 Å². The summed E-state index contributed by atoms with van der Waals surface area (Å²) in [6.45, 7) is 3.50. The van der Waals surface area contributed by atoms with Gasteiger partial charge in [-0.05, 0) is 6.42 Å². The van der Waals surface area contributed by atoms with E-state index in [0.717, 1.165) is 18.8 Å². The zero-order valence-electron chi connectivity index (χ0n) is 12.5. The number of rotatable bonds is 8. The van der Waals surface area contributed by atoms with Crippen LogP contribution in [0.5, 0.6) is 6.01 Å². The summed E-state index contributed by atoms with van der Waals surface area (Å²) in [4.78, 5) is 16.7. The molecule has 0 saturated heterocycles. The fourth-order valence-electron chi connectivity index (χ4n) is 1.63. The van der Waals surface area contributed by atoms with Gasteiger partial charge >= 0.3 is 6.01 Å². The van der Waals surface area contributed by atoms with Crippen molar-refractivity contribution in [2.45, 2.75) is 19.8 Å². The Bertz CT molecular complexity index is 570. The van der Waals surface area contributed by atoms with Crippen LogP contribution in [0.3, 0.4) is 0 Å². The van der Waals surface area contributed by atoms with Crippen molar-refractivity contribution in [3.63, 3.8) is 0 Å². The van der Waals surface area contributed by atoms with Gasteiger partial charge in [0.1, 0.15) is 6.33 Å². The van der Waals surface area contributed by atoms with Gasteiger partial charge in [-0.3, -0.25) is 4.68 Å². The quantitative estimate of drug-likeness (QED) is 0.724. The van der Waals surface area contributed by atoms with E-state index in [9.17, 15) is 0 Å². The van der Waals surface area contributed by atoms with Crippen molar-refractivity contribution < 1.29 is 4.74 Å². The molecular weight excluding hydrogens is 272 g/mol. The number of methoxy groups -OCH3 is 1. The molecule has 0 amide bonds. The van der Waals surface area contributed by atoms with E-state index in [2.05, 4.69) is 42.6 Å². The number of ether oxygens (including phenoxy) is 1. The van der Waals surface area contributed by atoms with Gasteiger partial charge < -0.3 is 15.4 Å². The summed E-state index contributed by atoms with van der Waals surface area (Å²) < 4.78 is 6.75. The number of anilines is 2. The van der Waals surface area contributed by atoms with Crippen molar-refractivity contribution in [3.8, 4) is 6.01 Å². The Hall–Kier alpha value is -2.45.